The fourth-order valence-electron chi connectivity index (χ4n) is 0.258. The summed E-state index contributed by atoms with van der Waals surface area (Å²) in [6.45, 7) is 2.70. The molecule has 2 nitrogen and oxygen atoms in total. The summed E-state index contributed by atoms with van der Waals surface area (Å²) in [5.41, 5.74) is 0. The maximum absolute atomic E-state index is 9.61. The average Bonchev–Trinajstić information content (AvgIpc) is 1.69. The number of unbranched alkanes of at least 4 members (excludes halogenated alkanes) is 1. The molecule has 46 valence electrons. The Balaban J connectivity index is -0.0000000600. The molecule has 0 heterocycles. The van der Waals surface area contributed by atoms with Gasteiger partial charge in [-0.15, -0.1) is 4.52 Å². The average molecular weight is 147 g/mol. The van der Waals surface area contributed by atoms with Crippen LogP contribution in [-0.2, 0) is 9.09 Å². The van der Waals surface area contributed by atoms with E-state index in [0.717, 1.165) is 12.8 Å². The first-order valence-electron chi connectivity index (χ1n) is 2.40. The number of rotatable bonds is 4. The van der Waals surface area contributed by atoms with Crippen LogP contribution in [0.3, 0.4) is 0 Å². The van der Waals surface area contributed by atoms with Gasteiger partial charge in [-0.25, -0.2) is 0 Å². The minimum Gasteiger partial charge on any atom is -1.00 e. The first-order valence-corrected chi connectivity index (χ1v) is 3.22. The van der Waals surface area contributed by atoms with E-state index >= 15 is 0 Å². The van der Waals surface area contributed by atoms with Gasteiger partial charge >= 0.3 is 31.7 Å². The van der Waals surface area contributed by atoms with Gasteiger partial charge in [0.1, 0.15) is 6.61 Å². The summed E-state index contributed by atoms with van der Waals surface area (Å²) in [4.78, 5) is 0. The van der Waals surface area contributed by atoms with E-state index in [9.17, 15) is 4.57 Å². The van der Waals surface area contributed by atoms with Crippen LogP contribution in [0.4, 0.5) is 0 Å². The topological polar surface area (TPSA) is 26.3 Å². The molecule has 0 N–H and O–H groups in total. The van der Waals surface area contributed by atoms with Gasteiger partial charge in [0.25, 0.3) is 0 Å². The van der Waals surface area contributed by atoms with Crippen molar-refractivity contribution < 1.29 is 11.9 Å². The fraction of sp³-hybridized carbons (Fsp3) is 1.00. The summed E-state index contributed by atoms with van der Waals surface area (Å²) in [5, 5.41) is 0. The monoisotopic (exact) mass is 147 g/mol. The molecule has 0 rings (SSSR count). The molecule has 0 bridgehead atoms. The van der Waals surface area contributed by atoms with Crippen molar-refractivity contribution in [3.63, 3.8) is 0 Å². The van der Waals surface area contributed by atoms with E-state index in [2.05, 4.69) is 11.4 Å². The Kier molecular flexibility index (Phi) is 15.6. The van der Waals surface area contributed by atoms with Gasteiger partial charge < -0.3 is 2.85 Å². The van der Waals surface area contributed by atoms with Crippen LogP contribution in [-0.4, -0.2) is 29.7 Å². The van der Waals surface area contributed by atoms with Gasteiger partial charge in [-0.05, 0) is 11.0 Å². The summed E-state index contributed by atoms with van der Waals surface area (Å²) >= 11 is 0. The van der Waals surface area contributed by atoms with Gasteiger partial charge in [-0.1, -0.05) is 13.3 Å². The van der Waals surface area contributed by atoms with E-state index in [4.69, 9.17) is 0 Å². The molecule has 0 fully saturated rings. The molecule has 0 saturated carbocycles. The van der Waals surface area contributed by atoms with E-state index in [1.165, 1.54) is 0 Å². The minimum absolute atomic E-state index is 0. The molecule has 4 heteroatoms. The van der Waals surface area contributed by atoms with Gasteiger partial charge in [0.15, 0.2) is 0 Å². The van der Waals surface area contributed by atoms with E-state index in [1.807, 2.05) is 0 Å². The molecule has 1 unspecified atom stereocenters. The second kappa shape index (κ2) is 10.7. The van der Waals surface area contributed by atoms with Crippen LogP contribution in [0, 0.1) is 0 Å². The summed E-state index contributed by atoms with van der Waals surface area (Å²) < 4.78 is 14.2. The summed E-state index contributed by atoms with van der Waals surface area (Å²) in [6.07, 6.45) is 2.11. The van der Waals surface area contributed by atoms with Crippen molar-refractivity contribution in [2.75, 3.05) is 6.61 Å². The first kappa shape index (κ1) is 11.6. The van der Waals surface area contributed by atoms with Crippen molar-refractivity contribution in [2.24, 2.45) is 0 Å². The summed E-state index contributed by atoms with van der Waals surface area (Å²) in [5.74, 6) is 0. The Morgan fingerprint density at radius 1 is 1.75 bits per heavy atom. The quantitative estimate of drug-likeness (QED) is 0.343. The molecule has 0 aliphatic carbocycles. The third kappa shape index (κ3) is 9.95. The maximum Gasteiger partial charge on any atom is 2.00 e. The van der Waals surface area contributed by atoms with Crippen LogP contribution in [0.1, 0.15) is 22.6 Å². The van der Waals surface area contributed by atoms with Crippen LogP contribution in [0.25, 0.3) is 0 Å². The van der Waals surface area contributed by atoms with Crippen molar-refractivity contribution in [1.82, 2.24) is 0 Å². The Labute approximate surface area is 70.4 Å². The Morgan fingerprint density at radius 3 is 2.75 bits per heavy atom. The van der Waals surface area contributed by atoms with E-state index in [-0.39, 0.29) is 25.9 Å². The normalized spacial score (nSPS) is 8.62. The Hall–Kier alpha value is 0.826. The minimum atomic E-state index is -0.582. The number of hydrogen-bond acceptors (Lipinski definition) is 2. The zero-order chi connectivity index (χ0) is 5.54. The molecule has 0 aromatic rings. The Bertz CT molecular complexity index is 58.5. The molecule has 0 radical (unpaired) electrons. The second-order valence-electron chi connectivity index (χ2n) is 1.29. The van der Waals surface area contributed by atoms with E-state index in [1.54, 1.807) is 0 Å². The smallest absolute Gasteiger partial charge is 1.00 e. The predicted octanol–water partition coefficient (Wildman–Crippen LogP) is 1.59. The number of hydrogen-bond donors (Lipinski definition) is 0. The van der Waals surface area contributed by atoms with E-state index < -0.39 is 8.69 Å². The van der Waals surface area contributed by atoms with Crippen molar-refractivity contribution in [3.8, 4) is 0 Å². The van der Waals surface area contributed by atoms with Crippen LogP contribution >= 0.6 is 8.69 Å². The summed E-state index contributed by atoms with van der Waals surface area (Å²) in [7, 11) is -0.582. The van der Waals surface area contributed by atoms with Crippen molar-refractivity contribution >= 4 is 31.7 Å². The third-order valence-corrected chi connectivity index (χ3v) is 0.981. The van der Waals surface area contributed by atoms with E-state index in [0.29, 0.717) is 6.61 Å². The molecule has 0 saturated heterocycles. The molecule has 1 atom stereocenters. The van der Waals surface area contributed by atoms with Gasteiger partial charge in [0.2, 0.25) is 0 Å². The zero-order valence-electron chi connectivity index (χ0n) is 7.14. The van der Waals surface area contributed by atoms with Crippen LogP contribution in [0.15, 0.2) is 0 Å². The van der Waals surface area contributed by atoms with Crippen LogP contribution in [0.2, 0.25) is 0 Å². The molecule has 0 aliphatic rings. The van der Waals surface area contributed by atoms with Gasteiger partial charge in [0.05, 0.1) is 0 Å². The van der Waals surface area contributed by atoms with Crippen LogP contribution in [0.5, 0.6) is 0 Å². The second-order valence-corrected chi connectivity index (χ2v) is 1.74. The molecular formula is C4H12MgO2P+. The Morgan fingerprint density at radius 2 is 2.38 bits per heavy atom. The molecule has 0 spiro atoms. The largest absolute Gasteiger partial charge is 2.00 e. The van der Waals surface area contributed by atoms with Crippen molar-refractivity contribution in [3.05, 3.63) is 0 Å². The SMILES string of the molecule is CCCCO[PH+]=O.[H-].[H-].[Mg+2]. The molecule has 0 amide bonds. The zero-order valence-corrected chi connectivity index (χ0v) is 7.56. The molecule has 0 aromatic heterocycles. The van der Waals surface area contributed by atoms with Crippen molar-refractivity contribution in [2.45, 2.75) is 19.8 Å². The van der Waals surface area contributed by atoms with Gasteiger partial charge in [-0.2, -0.15) is 0 Å². The maximum atomic E-state index is 9.61. The molecule has 0 aliphatic heterocycles. The summed E-state index contributed by atoms with van der Waals surface area (Å²) in [6, 6.07) is 0. The predicted molar refractivity (Wildman–Crippen MR) is 37.8 cm³/mol. The fourth-order valence-corrected chi connectivity index (χ4v) is 0.486. The molecule has 0 aromatic carbocycles. The van der Waals surface area contributed by atoms with Gasteiger partial charge in [0, 0.05) is 0 Å². The first-order chi connectivity index (χ1) is 3.41. The standard InChI is InChI=1S/C4H10O2P.Mg.2H/c1-2-3-4-6-7-5;;;/h7H,2-4H2,1H3;;;/q+1;+2;2*-1. The van der Waals surface area contributed by atoms with Gasteiger partial charge in [-0.3, -0.25) is 0 Å². The molecule has 8 heavy (non-hydrogen) atoms. The third-order valence-electron chi connectivity index (χ3n) is 0.659. The van der Waals surface area contributed by atoms with Crippen LogP contribution < -0.4 is 0 Å². The molecular weight excluding hydrogens is 135 g/mol. The van der Waals surface area contributed by atoms with Crippen molar-refractivity contribution in [1.29, 1.82) is 0 Å².